The van der Waals surface area contributed by atoms with Gasteiger partial charge in [-0.05, 0) is 26.7 Å². The van der Waals surface area contributed by atoms with Gasteiger partial charge < -0.3 is 10.5 Å². The molecule has 0 bridgehead atoms. The Morgan fingerprint density at radius 2 is 2.33 bits per heavy atom. The van der Waals surface area contributed by atoms with Crippen LogP contribution in [0.25, 0.3) is 0 Å². The summed E-state index contributed by atoms with van der Waals surface area (Å²) in [6.07, 6.45) is 2.60. The maximum Gasteiger partial charge on any atom is 0.0705 e. The summed E-state index contributed by atoms with van der Waals surface area (Å²) in [6, 6.07) is 0. The molecule has 0 aromatic carbocycles. The van der Waals surface area contributed by atoms with Crippen LogP contribution in [0, 0.1) is 0 Å². The van der Waals surface area contributed by atoms with Gasteiger partial charge in [0.2, 0.25) is 0 Å². The van der Waals surface area contributed by atoms with Crippen molar-refractivity contribution < 1.29 is 4.74 Å². The normalized spacial score (nSPS) is 33.0. The predicted molar refractivity (Wildman–Crippen MR) is 37.2 cm³/mol. The van der Waals surface area contributed by atoms with E-state index in [1.54, 1.807) is 0 Å². The van der Waals surface area contributed by atoms with Gasteiger partial charge in [-0.1, -0.05) is 0 Å². The molecule has 1 fully saturated rings. The monoisotopic (exact) mass is 129 g/mol. The first-order chi connectivity index (χ1) is 4.14. The van der Waals surface area contributed by atoms with Gasteiger partial charge in [-0.3, -0.25) is 0 Å². The van der Waals surface area contributed by atoms with Gasteiger partial charge in [0.15, 0.2) is 0 Å². The highest BCUT2D eigenvalue weighted by Gasteiger charge is 2.30. The molecule has 0 aliphatic carbocycles. The number of hydrogen-bond donors (Lipinski definition) is 1. The SMILES string of the molecule is CC1(C)CCC(CN)O1. The fraction of sp³-hybridized carbons (Fsp3) is 1.00. The van der Waals surface area contributed by atoms with Crippen LogP contribution in [0.2, 0.25) is 0 Å². The summed E-state index contributed by atoms with van der Waals surface area (Å²) < 4.78 is 5.57. The van der Waals surface area contributed by atoms with E-state index in [0.29, 0.717) is 12.6 Å². The molecule has 1 atom stereocenters. The Kier molecular flexibility index (Phi) is 1.78. The van der Waals surface area contributed by atoms with Crippen LogP contribution in [0.5, 0.6) is 0 Å². The van der Waals surface area contributed by atoms with E-state index in [1.807, 2.05) is 0 Å². The molecule has 0 radical (unpaired) electrons. The van der Waals surface area contributed by atoms with Gasteiger partial charge in [0, 0.05) is 6.54 Å². The van der Waals surface area contributed by atoms with Gasteiger partial charge in [0.1, 0.15) is 0 Å². The zero-order chi connectivity index (χ0) is 6.91. The van der Waals surface area contributed by atoms with Gasteiger partial charge in [0.05, 0.1) is 11.7 Å². The zero-order valence-electron chi connectivity index (χ0n) is 6.18. The molecule has 2 nitrogen and oxygen atoms in total. The molecule has 2 N–H and O–H groups in total. The van der Waals surface area contributed by atoms with Crippen molar-refractivity contribution in [3.05, 3.63) is 0 Å². The number of rotatable bonds is 1. The van der Waals surface area contributed by atoms with E-state index >= 15 is 0 Å². The molecule has 0 saturated carbocycles. The van der Waals surface area contributed by atoms with Gasteiger partial charge in [-0.2, -0.15) is 0 Å². The summed E-state index contributed by atoms with van der Waals surface area (Å²) in [4.78, 5) is 0. The third-order valence-electron chi connectivity index (χ3n) is 1.82. The Bertz CT molecular complexity index is 101. The van der Waals surface area contributed by atoms with Crippen molar-refractivity contribution in [1.82, 2.24) is 0 Å². The standard InChI is InChI=1S/C7H15NO/c1-7(2)4-3-6(5-8)9-7/h6H,3-5,8H2,1-2H3. The number of nitrogens with two attached hydrogens (primary N) is 1. The largest absolute Gasteiger partial charge is 0.371 e. The van der Waals surface area contributed by atoms with E-state index in [0.717, 1.165) is 12.8 Å². The van der Waals surface area contributed by atoms with Crippen LogP contribution >= 0.6 is 0 Å². The molecule has 1 aliphatic heterocycles. The molecule has 0 spiro atoms. The van der Waals surface area contributed by atoms with Gasteiger partial charge in [-0.15, -0.1) is 0 Å². The maximum atomic E-state index is 5.57. The minimum Gasteiger partial charge on any atom is -0.371 e. The van der Waals surface area contributed by atoms with Crippen LogP contribution in [0.15, 0.2) is 0 Å². The van der Waals surface area contributed by atoms with Crippen LogP contribution < -0.4 is 5.73 Å². The van der Waals surface area contributed by atoms with Crippen LogP contribution in [0.1, 0.15) is 26.7 Å². The second-order valence-corrected chi connectivity index (χ2v) is 3.27. The van der Waals surface area contributed by atoms with Crippen molar-refractivity contribution in [2.75, 3.05) is 6.54 Å². The Hall–Kier alpha value is -0.0800. The average Bonchev–Trinajstić information content (AvgIpc) is 2.10. The van der Waals surface area contributed by atoms with Crippen LogP contribution in [0.3, 0.4) is 0 Å². The van der Waals surface area contributed by atoms with Gasteiger partial charge >= 0.3 is 0 Å². The van der Waals surface area contributed by atoms with Gasteiger partial charge in [-0.25, -0.2) is 0 Å². The summed E-state index contributed by atoms with van der Waals surface area (Å²) in [5.74, 6) is 0. The fourth-order valence-electron chi connectivity index (χ4n) is 1.24. The highest BCUT2D eigenvalue weighted by molar-refractivity contribution is 4.80. The zero-order valence-corrected chi connectivity index (χ0v) is 6.18. The topological polar surface area (TPSA) is 35.2 Å². The van der Waals surface area contributed by atoms with Crippen LogP contribution in [-0.4, -0.2) is 18.2 Å². The second kappa shape index (κ2) is 2.27. The molecule has 1 saturated heterocycles. The average molecular weight is 129 g/mol. The highest BCUT2D eigenvalue weighted by Crippen LogP contribution is 2.28. The smallest absolute Gasteiger partial charge is 0.0705 e. The molecule has 9 heavy (non-hydrogen) atoms. The molecular formula is C7H15NO. The van der Waals surface area contributed by atoms with Crippen molar-refractivity contribution in [2.24, 2.45) is 5.73 Å². The lowest BCUT2D eigenvalue weighted by Gasteiger charge is -2.17. The third kappa shape index (κ3) is 1.66. The second-order valence-electron chi connectivity index (χ2n) is 3.27. The van der Waals surface area contributed by atoms with Crippen molar-refractivity contribution in [1.29, 1.82) is 0 Å². The molecule has 0 aromatic heterocycles. The lowest BCUT2D eigenvalue weighted by Crippen LogP contribution is -2.24. The lowest BCUT2D eigenvalue weighted by molar-refractivity contribution is -0.0108. The molecule has 1 unspecified atom stereocenters. The minimum atomic E-state index is 0.0873. The van der Waals surface area contributed by atoms with E-state index in [4.69, 9.17) is 10.5 Å². The summed E-state index contributed by atoms with van der Waals surface area (Å²) >= 11 is 0. The lowest BCUT2D eigenvalue weighted by atomic mass is 10.1. The van der Waals surface area contributed by atoms with Crippen molar-refractivity contribution in [3.63, 3.8) is 0 Å². The summed E-state index contributed by atoms with van der Waals surface area (Å²) in [5, 5.41) is 0. The first kappa shape index (κ1) is 7.03. The fourth-order valence-corrected chi connectivity index (χ4v) is 1.24. The number of hydrogen-bond acceptors (Lipinski definition) is 2. The van der Waals surface area contributed by atoms with Crippen LogP contribution in [0.4, 0.5) is 0 Å². The maximum absolute atomic E-state index is 5.57. The molecule has 54 valence electrons. The van der Waals surface area contributed by atoms with E-state index < -0.39 is 0 Å². The van der Waals surface area contributed by atoms with Crippen LogP contribution in [-0.2, 0) is 4.74 Å². The van der Waals surface area contributed by atoms with Crippen molar-refractivity contribution in [2.45, 2.75) is 38.4 Å². The predicted octanol–water partition coefficient (Wildman–Crippen LogP) is 0.903. The first-order valence-corrected chi connectivity index (χ1v) is 3.52. The Morgan fingerprint density at radius 3 is 2.56 bits per heavy atom. The van der Waals surface area contributed by atoms with E-state index in [9.17, 15) is 0 Å². The van der Waals surface area contributed by atoms with Gasteiger partial charge in [0.25, 0.3) is 0 Å². The Balaban J connectivity index is 2.38. The molecule has 2 heteroatoms. The van der Waals surface area contributed by atoms with E-state index in [-0.39, 0.29) is 5.60 Å². The molecule has 1 aliphatic rings. The Morgan fingerprint density at radius 1 is 1.67 bits per heavy atom. The van der Waals surface area contributed by atoms with E-state index in [1.165, 1.54) is 0 Å². The molecule has 0 aromatic rings. The van der Waals surface area contributed by atoms with Crippen molar-refractivity contribution >= 4 is 0 Å². The minimum absolute atomic E-state index is 0.0873. The van der Waals surface area contributed by atoms with E-state index in [2.05, 4.69) is 13.8 Å². The summed E-state index contributed by atoms with van der Waals surface area (Å²) in [6.45, 7) is 4.90. The molecule has 0 amide bonds. The molecule has 1 heterocycles. The quantitative estimate of drug-likeness (QED) is 0.571. The molecule has 1 rings (SSSR count). The van der Waals surface area contributed by atoms with Crippen molar-refractivity contribution in [3.8, 4) is 0 Å². The third-order valence-corrected chi connectivity index (χ3v) is 1.82. The molecular weight excluding hydrogens is 114 g/mol. The first-order valence-electron chi connectivity index (χ1n) is 3.52. The Labute approximate surface area is 56.4 Å². The summed E-state index contributed by atoms with van der Waals surface area (Å²) in [5.41, 5.74) is 5.52. The number of ether oxygens (including phenoxy) is 1. The highest BCUT2D eigenvalue weighted by atomic mass is 16.5. The summed E-state index contributed by atoms with van der Waals surface area (Å²) in [7, 11) is 0.